The summed E-state index contributed by atoms with van der Waals surface area (Å²) in [7, 11) is 0. The maximum atomic E-state index is 13.6. The predicted molar refractivity (Wildman–Crippen MR) is 98.3 cm³/mol. The number of ether oxygens (including phenoxy) is 1. The molecule has 7 heteroatoms. The molecule has 1 saturated heterocycles. The summed E-state index contributed by atoms with van der Waals surface area (Å²) in [6.07, 6.45) is -0.285. The van der Waals surface area contributed by atoms with Crippen molar-refractivity contribution in [1.29, 1.82) is 0 Å². The molecule has 3 rings (SSSR count). The fourth-order valence-corrected chi connectivity index (χ4v) is 2.95. The lowest BCUT2D eigenvalue weighted by atomic mass is 10.2. The van der Waals surface area contributed by atoms with E-state index in [0.29, 0.717) is 31.9 Å². The van der Waals surface area contributed by atoms with Crippen LogP contribution < -0.4 is 4.90 Å². The van der Waals surface area contributed by atoms with Crippen molar-refractivity contribution in [3.8, 4) is 5.69 Å². The van der Waals surface area contributed by atoms with Gasteiger partial charge in [0.05, 0.1) is 11.4 Å². The lowest BCUT2D eigenvalue weighted by Crippen LogP contribution is -2.50. The van der Waals surface area contributed by atoms with E-state index < -0.39 is 5.60 Å². The van der Waals surface area contributed by atoms with Crippen LogP contribution in [0.3, 0.4) is 0 Å². The van der Waals surface area contributed by atoms with Gasteiger partial charge in [0.2, 0.25) is 0 Å². The number of rotatable bonds is 2. The van der Waals surface area contributed by atoms with Crippen molar-refractivity contribution in [2.75, 3.05) is 31.1 Å². The highest BCUT2D eigenvalue weighted by atomic mass is 19.1. The van der Waals surface area contributed by atoms with Crippen molar-refractivity contribution < 1.29 is 13.9 Å². The first-order valence-electron chi connectivity index (χ1n) is 8.78. The molecule has 0 radical (unpaired) electrons. The third-order valence-corrected chi connectivity index (χ3v) is 4.12. The fraction of sp³-hybridized carbons (Fsp3) is 0.474. The Morgan fingerprint density at radius 2 is 1.85 bits per heavy atom. The molecule has 1 amide bonds. The quantitative estimate of drug-likeness (QED) is 0.824. The molecule has 1 aliphatic heterocycles. The summed E-state index contributed by atoms with van der Waals surface area (Å²) >= 11 is 0. The standard InChI is InChI=1S/C19H25FN4O2/c1-14-12-17(24(21-14)16-7-5-6-15(20)13-16)22-8-10-23(11-9-22)18(25)26-19(2,3)4/h5-7,12-13H,8-11H2,1-4H3. The topological polar surface area (TPSA) is 50.6 Å². The van der Waals surface area contributed by atoms with Crippen LogP contribution in [0.2, 0.25) is 0 Å². The normalized spacial score (nSPS) is 15.3. The summed E-state index contributed by atoms with van der Waals surface area (Å²) in [5.74, 6) is 0.605. The Morgan fingerprint density at radius 1 is 1.15 bits per heavy atom. The monoisotopic (exact) mass is 360 g/mol. The molecule has 1 aromatic heterocycles. The van der Waals surface area contributed by atoms with Crippen molar-refractivity contribution in [3.63, 3.8) is 0 Å². The number of hydrogen-bond donors (Lipinski definition) is 0. The number of piperazine rings is 1. The highest BCUT2D eigenvalue weighted by Crippen LogP contribution is 2.23. The molecule has 0 saturated carbocycles. The minimum atomic E-state index is -0.499. The van der Waals surface area contributed by atoms with E-state index in [9.17, 15) is 9.18 Å². The first-order valence-corrected chi connectivity index (χ1v) is 8.78. The van der Waals surface area contributed by atoms with Crippen LogP contribution in [-0.4, -0.2) is 52.6 Å². The molecule has 6 nitrogen and oxygen atoms in total. The van der Waals surface area contributed by atoms with Gasteiger partial charge in [0, 0.05) is 32.2 Å². The minimum absolute atomic E-state index is 0.285. The largest absolute Gasteiger partial charge is 0.444 e. The lowest BCUT2D eigenvalue weighted by Gasteiger charge is -2.36. The number of benzene rings is 1. The van der Waals surface area contributed by atoms with Crippen molar-refractivity contribution in [3.05, 3.63) is 41.8 Å². The lowest BCUT2D eigenvalue weighted by molar-refractivity contribution is 0.0240. The van der Waals surface area contributed by atoms with E-state index in [2.05, 4.69) is 10.00 Å². The Bertz CT molecular complexity index is 789. The maximum Gasteiger partial charge on any atom is 0.410 e. The Morgan fingerprint density at radius 3 is 2.46 bits per heavy atom. The number of carbonyl (C=O) groups excluding carboxylic acids is 1. The number of carbonyl (C=O) groups is 1. The number of nitrogens with zero attached hydrogens (tertiary/aromatic N) is 4. The van der Waals surface area contributed by atoms with Gasteiger partial charge >= 0.3 is 6.09 Å². The average Bonchev–Trinajstić information content (AvgIpc) is 2.95. The number of anilines is 1. The van der Waals surface area contributed by atoms with Gasteiger partial charge in [-0.3, -0.25) is 0 Å². The number of amides is 1. The molecular weight excluding hydrogens is 335 g/mol. The molecule has 0 N–H and O–H groups in total. The Kier molecular flexibility index (Phi) is 4.89. The summed E-state index contributed by atoms with van der Waals surface area (Å²) in [6, 6.07) is 8.36. The number of halogens is 1. The van der Waals surface area contributed by atoms with Gasteiger partial charge in [0.25, 0.3) is 0 Å². The SMILES string of the molecule is Cc1cc(N2CCN(C(=O)OC(C)(C)C)CC2)n(-c2cccc(F)c2)n1. The molecule has 26 heavy (non-hydrogen) atoms. The van der Waals surface area contributed by atoms with Crippen LogP contribution in [0.4, 0.5) is 15.0 Å². The van der Waals surface area contributed by atoms with Crippen molar-refractivity contribution >= 4 is 11.9 Å². The minimum Gasteiger partial charge on any atom is -0.444 e. The second kappa shape index (κ2) is 6.97. The summed E-state index contributed by atoms with van der Waals surface area (Å²) < 4.78 is 20.8. The molecule has 0 aliphatic carbocycles. The van der Waals surface area contributed by atoms with Crippen LogP contribution >= 0.6 is 0 Å². The van der Waals surface area contributed by atoms with Crippen LogP contribution in [0.15, 0.2) is 30.3 Å². The molecule has 2 aromatic rings. The van der Waals surface area contributed by atoms with Crippen LogP contribution in [0.25, 0.3) is 5.69 Å². The Hall–Kier alpha value is -2.57. The summed E-state index contributed by atoms with van der Waals surface area (Å²) in [4.78, 5) is 16.1. The van der Waals surface area contributed by atoms with E-state index in [1.54, 1.807) is 15.6 Å². The van der Waals surface area contributed by atoms with Gasteiger partial charge in [0.15, 0.2) is 0 Å². The molecular formula is C19H25FN4O2. The molecule has 140 valence electrons. The zero-order chi connectivity index (χ0) is 18.9. The van der Waals surface area contributed by atoms with Crippen molar-refractivity contribution in [2.24, 2.45) is 0 Å². The number of hydrogen-bond acceptors (Lipinski definition) is 4. The molecule has 1 fully saturated rings. The highest BCUT2D eigenvalue weighted by Gasteiger charge is 2.27. The van der Waals surface area contributed by atoms with E-state index >= 15 is 0 Å². The van der Waals surface area contributed by atoms with Crippen LogP contribution in [0, 0.1) is 12.7 Å². The molecule has 1 aliphatic rings. The summed E-state index contributed by atoms with van der Waals surface area (Å²) in [5, 5.41) is 4.50. The van der Waals surface area contributed by atoms with Gasteiger partial charge in [-0.2, -0.15) is 5.10 Å². The van der Waals surface area contributed by atoms with Gasteiger partial charge in [-0.15, -0.1) is 0 Å². The van der Waals surface area contributed by atoms with Crippen molar-refractivity contribution in [1.82, 2.24) is 14.7 Å². The van der Waals surface area contributed by atoms with E-state index in [0.717, 1.165) is 11.5 Å². The van der Waals surface area contributed by atoms with Crippen molar-refractivity contribution in [2.45, 2.75) is 33.3 Å². The molecule has 0 spiro atoms. The summed E-state index contributed by atoms with van der Waals surface area (Å²) in [6.45, 7) is 9.98. The zero-order valence-corrected chi connectivity index (χ0v) is 15.7. The van der Waals surface area contributed by atoms with Crippen LogP contribution in [0.1, 0.15) is 26.5 Å². The summed E-state index contributed by atoms with van der Waals surface area (Å²) in [5.41, 5.74) is 1.04. The molecule has 0 unspecified atom stereocenters. The van der Waals surface area contributed by atoms with Crippen LogP contribution in [0.5, 0.6) is 0 Å². The number of aromatic nitrogens is 2. The van der Waals surface area contributed by atoms with Gasteiger partial charge in [-0.25, -0.2) is 13.9 Å². The van der Waals surface area contributed by atoms with Gasteiger partial charge in [-0.1, -0.05) is 6.07 Å². The highest BCUT2D eigenvalue weighted by molar-refractivity contribution is 5.68. The maximum absolute atomic E-state index is 13.6. The molecule has 2 heterocycles. The first kappa shape index (κ1) is 18.2. The predicted octanol–water partition coefficient (Wildman–Crippen LogP) is 3.38. The second-order valence-corrected chi connectivity index (χ2v) is 7.49. The van der Waals surface area contributed by atoms with Crippen LogP contribution in [-0.2, 0) is 4.74 Å². The molecule has 0 bridgehead atoms. The fourth-order valence-electron chi connectivity index (χ4n) is 2.95. The zero-order valence-electron chi connectivity index (χ0n) is 15.7. The average molecular weight is 360 g/mol. The van der Waals surface area contributed by atoms with Gasteiger partial charge in [0.1, 0.15) is 17.2 Å². The molecule has 1 aromatic carbocycles. The van der Waals surface area contributed by atoms with E-state index in [4.69, 9.17) is 4.74 Å². The third-order valence-electron chi connectivity index (χ3n) is 4.12. The number of aryl methyl sites for hydroxylation is 1. The second-order valence-electron chi connectivity index (χ2n) is 7.49. The Balaban J connectivity index is 1.73. The molecule has 0 atom stereocenters. The van der Waals surface area contributed by atoms with E-state index in [-0.39, 0.29) is 11.9 Å². The first-order chi connectivity index (χ1) is 12.2. The van der Waals surface area contributed by atoms with E-state index in [1.165, 1.54) is 12.1 Å². The van der Waals surface area contributed by atoms with E-state index in [1.807, 2.05) is 39.8 Å². The van der Waals surface area contributed by atoms with Gasteiger partial charge < -0.3 is 14.5 Å². The van der Waals surface area contributed by atoms with Gasteiger partial charge in [-0.05, 0) is 45.9 Å². The Labute approximate surface area is 153 Å². The smallest absolute Gasteiger partial charge is 0.410 e. The third kappa shape index (κ3) is 4.15.